The molecule has 3 heteroatoms. The fraction of sp³-hybridized carbons (Fsp3) is 0.294. The van der Waals surface area contributed by atoms with Gasteiger partial charge in [0, 0.05) is 34.3 Å². The quantitative estimate of drug-likeness (QED) is 0.585. The molecule has 0 aliphatic carbocycles. The van der Waals surface area contributed by atoms with Gasteiger partial charge in [0.1, 0.15) is 6.23 Å². The third-order valence-corrected chi connectivity index (χ3v) is 4.53. The number of para-hydroxylation sites is 1. The van der Waals surface area contributed by atoms with Gasteiger partial charge in [-0.2, -0.15) is 0 Å². The number of aromatic amines is 1. The molecule has 0 fully saturated rings. The van der Waals surface area contributed by atoms with Crippen LogP contribution in [0.1, 0.15) is 29.7 Å². The summed E-state index contributed by atoms with van der Waals surface area (Å²) in [4.78, 5) is 3.52. The molecule has 2 atom stereocenters. The molecular formula is C17H18N2O. The molecule has 20 heavy (non-hydrogen) atoms. The largest absolute Gasteiger partial charge is 0.378 e. The molecule has 0 saturated carbocycles. The molecule has 0 bridgehead atoms. The number of H-pyrrole nitrogens is 1. The van der Waals surface area contributed by atoms with Crippen LogP contribution in [-0.4, -0.2) is 16.3 Å². The number of aliphatic hydroxyl groups is 1. The van der Waals surface area contributed by atoms with Crippen LogP contribution in [0.3, 0.4) is 0 Å². The van der Waals surface area contributed by atoms with Gasteiger partial charge in [0.25, 0.3) is 0 Å². The number of benzene rings is 2. The standard InChI is InChI=1S/C17H18N2O/c1-9-12-8-16(20)18-10(2)13(12)7-14-11-5-3-4-6-15(11)19-17(9)14/h3-7,10,16,18-20H,8H2,1-2H3. The smallest absolute Gasteiger partial charge is 0.109 e. The van der Waals surface area contributed by atoms with Crippen molar-refractivity contribution in [3.63, 3.8) is 0 Å². The lowest BCUT2D eigenvalue weighted by molar-refractivity contribution is 0.116. The maximum Gasteiger partial charge on any atom is 0.109 e. The summed E-state index contributed by atoms with van der Waals surface area (Å²) in [5, 5.41) is 15.7. The van der Waals surface area contributed by atoms with Crippen molar-refractivity contribution in [1.82, 2.24) is 10.3 Å². The predicted molar refractivity (Wildman–Crippen MR) is 81.8 cm³/mol. The zero-order valence-electron chi connectivity index (χ0n) is 11.7. The fourth-order valence-corrected chi connectivity index (χ4v) is 3.51. The SMILES string of the molecule is Cc1c2c(cc3c1[nH]c1ccccc13)C(C)NC(O)C2. The van der Waals surface area contributed by atoms with Gasteiger partial charge in [-0.3, -0.25) is 5.32 Å². The Balaban J connectivity index is 2.12. The van der Waals surface area contributed by atoms with Gasteiger partial charge >= 0.3 is 0 Å². The van der Waals surface area contributed by atoms with Crippen LogP contribution in [0.2, 0.25) is 0 Å². The number of nitrogens with one attached hydrogen (secondary N) is 2. The molecule has 3 N–H and O–H groups in total. The molecule has 0 spiro atoms. The Kier molecular flexibility index (Phi) is 2.43. The highest BCUT2D eigenvalue weighted by molar-refractivity contribution is 6.08. The Bertz CT molecular complexity index is 819. The normalized spacial score (nSPS) is 22.4. The van der Waals surface area contributed by atoms with Crippen LogP contribution in [0, 0.1) is 6.92 Å². The first-order valence-electron chi connectivity index (χ1n) is 7.12. The second-order valence-corrected chi connectivity index (χ2v) is 5.77. The Labute approximate surface area is 117 Å². The monoisotopic (exact) mass is 266 g/mol. The Morgan fingerprint density at radius 2 is 2.00 bits per heavy atom. The van der Waals surface area contributed by atoms with Crippen molar-refractivity contribution >= 4 is 21.8 Å². The summed E-state index contributed by atoms with van der Waals surface area (Å²) in [5.74, 6) is 0. The second kappa shape index (κ2) is 4.08. The van der Waals surface area contributed by atoms with Crippen LogP contribution in [0.15, 0.2) is 30.3 Å². The predicted octanol–water partition coefficient (Wildman–Crippen LogP) is 3.15. The van der Waals surface area contributed by atoms with E-state index in [4.69, 9.17) is 0 Å². The van der Waals surface area contributed by atoms with Gasteiger partial charge < -0.3 is 10.1 Å². The highest BCUT2D eigenvalue weighted by atomic mass is 16.3. The number of aryl methyl sites for hydroxylation is 1. The highest BCUT2D eigenvalue weighted by Crippen LogP contribution is 2.35. The van der Waals surface area contributed by atoms with E-state index in [1.165, 1.54) is 38.5 Å². The Hall–Kier alpha value is -1.84. The molecule has 2 heterocycles. The van der Waals surface area contributed by atoms with Crippen molar-refractivity contribution in [2.24, 2.45) is 0 Å². The minimum absolute atomic E-state index is 0.186. The summed E-state index contributed by atoms with van der Waals surface area (Å²) in [5.41, 5.74) is 6.23. The minimum Gasteiger partial charge on any atom is -0.378 e. The highest BCUT2D eigenvalue weighted by Gasteiger charge is 2.25. The topological polar surface area (TPSA) is 48.0 Å². The van der Waals surface area contributed by atoms with Crippen LogP contribution in [0.4, 0.5) is 0 Å². The molecule has 0 saturated heterocycles. The summed E-state index contributed by atoms with van der Waals surface area (Å²) >= 11 is 0. The van der Waals surface area contributed by atoms with Crippen molar-refractivity contribution in [2.45, 2.75) is 32.5 Å². The summed E-state index contributed by atoms with van der Waals surface area (Å²) in [7, 11) is 0. The first-order chi connectivity index (χ1) is 9.65. The first kappa shape index (κ1) is 11.9. The maximum atomic E-state index is 9.94. The van der Waals surface area contributed by atoms with E-state index < -0.39 is 6.23 Å². The van der Waals surface area contributed by atoms with Gasteiger partial charge in [0.05, 0.1) is 0 Å². The molecule has 0 radical (unpaired) electrons. The van der Waals surface area contributed by atoms with E-state index in [0.29, 0.717) is 6.42 Å². The molecule has 3 nitrogen and oxygen atoms in total. The molecule has 1 aromatic heterocycles. The van der Waals surface area contributed by atoms with Crippen molar-refractivity contribution in [2.75, 3.05) is 0 Å². The molecule has 0 amide bonds. The number of hydrogen-bond acceptors (Lipinski definition) is 2. The zero-order chi connectivity index (χ0) is 13.9. The summed E-state index contributed by atoms with van der Waals surface area (Å²) in [6.07, 6.45) is 0.231. The fourth-order valence-electron chi connectivity index (χ4n) is 3.51. The van der Waals surface area contributed by atoms with Gasteiger partial charge in [0.2, 0.25) is 0 Å². The molecule has 1 aliphatic heterocycles. The van der Waals surface area contributed by atoms with Crippen molar-refractivity contribution in [1.29, 1.82) is 0 Å². The average molecular weight is 266 g/mol. The number of rotatable bonds is 0. The van der Waals surface area contributed by atoms with E-state index in [1.807, 2.05) is 0 Å². The molecule has 102 valence electrons. The van der Waals surface area contributed by atoms with Crippen LogP contribution in [0.25, 0.3) is 21.8 Å². The molecule has 2 unspecified atom stereocenters. The Morgan fingerprint density at radius 3 is 2.85 bits per heavy atom. The first-order valence-corrected chi connectivity index (χ1v) is 7.12. The van der Waals surface area contributed by atoms with E-state index in [1.54, 1.807) is 0 Å². The van der Waals surface area contributed by atoms with E-state index >= 15 is 0 Å². The summed E-state index contributed by atoms with van der Waals surface area (Å²) < 4.78 is 0. The van der Waals surface area contributed by atoms with Crippen LogP contribution in [0.5, 0.6) is 0 Å². The van der Waals surface area contributed by atoms with Gasteiger partial charge in [-0.05, 0) is 42.7 Å². The third kappa shape index (κ3) is 1.54. The van der Waals surface area contributed by atoms with Crippen molar-refractivity contribution in [3.05, 3.63) is 47.0 Å². The maximum absolute atomic E-state index is 9.94. The lowest BCUT2D eigenvalue weighted by Gasteiger charge is -2.29. The number of aliphatic hydroxyl groups excluding tert-OH is 1. The lowest BCUT2D eigenvalue weighted by atomic mass is 9.88. The van der Waals surface area contributed by atoms with E-state index in [9.17, 15) is 5.11 Å². The molecule has 2 aromatic carbocycles. The van der Waals surface area contributed by atoms with Gasteiger partial charge in [0.15, 0.2) is 0 Å². The van der Waals surface area contributed by atoms with Crippen molar-refractivity contribution < 1.29 is 5.11 Å². The number of fused-ring (bicyclic) bond motifs is 4. The lowest BCUT2D eigenvalue weighted by Crippen LogP contribution is -2.38. The van der Waals surface area contributed by atoms with Crippen LogP contribution < -0.4 is 5.32 Å². The van der Waals surface area contributed by atoms with Crippen LogP contribution in [-0.2, 0) is 6.42 Å². The van der Waals surface area contributed by atoms with Crippen molar-refractivity contribution in [3.8, 4) is 0 Å². The average Bonchev–Trinajstić information content (AvgIpc) is 2.80. The van der Waals surface area contributed by atoms with E-state index in [0.717, 1.165) is 0 Å². The number of hydrogen-bond donors (Lipinski definition) is 3. The Morgan fingerprint density at radius 1 is 1.20 bits per heavy atom. The zero-order valence-corrected chi connectivity index (χ0v) is 11.7. The molecular weight excluding hydrogens is 248 g/mol. The summed E-state index contributed by atoms with van der Waals surface area (Å²) in [6, 6.07) is 10.9. The molecule has 3 aromatic rings. The van der Waals surface area contributed by atoms with Gasteiger partial charge in [-0.25, -0.2) is 0 Å². The van der Waals surface area contributed by atoms with E-state index in [2.05, 4.69) is 54.5 Å². The molecule has 1 aliphatic rings. The van der Waals surface area contributed by atoms with Crippen LogP contribution >= 0.6 is 0 Å². The van der Waals surface area contributed by atoms with Gasteiger partial charge in [-0.1, -0.05) is 18.2 Å². The molecule has 4 rings (SSSR count). The van der Waals surface area contributed by atoms with E-state index in [-0.39, 0.29) is 6.04 Å². The third-order valence-electron chi connectivity index (χ3n) is 4.53. The van der Waals surface area contributed by atoms with Gasteiger partial charge in [-0.15, -0.1) is 0 Å². The summed E-state index contributed by atoms with van der Waals surface area (Å²) in [6.45, 7) is 4.27. The minimum atomic E-state index is -0.446. The number of aromatic nitrogens is 1. The second-order valence-electron chi connectivity index (χ2n) is 5.77.